The minimum absolute atomic E-state index is 0.153. The number of amides is 1. The van der Waals surface area contributed by atoms with Crippen molar-refractivity contribution in [2.24, 2.45) is 0 Å². The van der Waals surface area contributed by atoms with E-state index in [1.807, 2.05) is 33.1 Å². The van der Waals surface area contributed by atoms with Gasteiger partial charge in [0.2, 0.25) is 5.91 Å². The molecule has 0 atom stereocenters. The Morgan fingerprint density at radius 3 is 2.50 bits per heavy atom. The number of thiazole rings is 1. The number of nitrogens with zero attached hydrogens (tertiary/aromatic N) is 2. The minimum atomic E-state index is -0.456. The molecule has 1 aromatic heterocycles. The van der Waals surface area contributed by atoms with E-state index in [-0.39, 0.29) is 17.1 Å². The standard InChI is InChI=1S/C13H19BN2O3S/c1-12(2)13(3,4)19-14(18-12)9-8-20-11(15-9)16-7-5-6-10(16)17/h8H,5-7H2,1-4H3. The van der Waals surface area contributed by atoms with Gasteiger partial charge in [-0.15, -0.1) is 11.3 Å². The molecule has 7 heteroatoms. The molecule has 0 saturated carbocycles. The van der Waals surface area contributed by atoms with Crippen LogP contribution >= 0.6 is 11.3 Å². The lowest BCUT2D eigenvalue weighted by Crippen LogP contribution is -2.41. The number of carbonyl (C=O) groups is 1. The van der Waals surface area contributed by atoms with E-state index in [0.717, 1.165) is 23.7 Å². The molecule has 2 fully saturated rings. The number of rotatable bonds is 2. The molecule has 0 N–H and O–H groups in total. The highest BCUT2D eigenvalue weighted by Crippen LogP contribution is 2.36. The topological polar surface area (TPSA) is 51.7 Å². The lowest BCUT2D eigenvalue weighted by Gasteiger charge is -2.32. The zero-order chi connectivity index (χ0) is 14.5. The van der Waals surface area contributed by atoms with E-state index < -0.39 is 7.12 Å². The van der Waals surface area contributed by atoms with Gasteiger partial charge < -0.3 is 9.31 Å². The van der Waals surface area contributed by atoms with Crippen molar-refractivity contribution in [1.82, 2.24) is 4.98 Å². The lowest BCUT2D eigenvalue weighted by molar-refractivity contribution is -0.117. The Kier molecular flexibility index (Phi) is 3.19. The number of anilines is 1. The van der Waals surface area contributed by atoms with Crippen LogP contribution in [0.25, 0.3) is 0 Å². The first-order valence-electron chi connectivity index (χ1n) is 6.92. The second-order valence-electron chi connectivity index (χ2n) is 6.29. The summed E-state index contributed by atoms with van der Waals surface area (Å²) >= 11 is 1.47. The number of carbonyl (C=O) groups excluding carboxylic acids is 1. The second-order valence-corrected chi connectivity index (χ2v) is 7.13. The van der Waals surface area contributed by atoms with Crippen molar-refractivity contribution in [3.05, 3.63) is 5.38 Å². The van der Waals surface area contributed by atoms with Crippen LogP contribution in [0.2, 0.25) is 0 Å². The highest BCUT2D eigenvalue weighted by atomic mass is 32.1. The summed E-state index contributed by atoms with van der Waals surface area (Å²) in [6.07, 6.45) is 1.52. The van der Waals surface area contributed by atoms with Gasteiger partial charge in [-0.3, -0.25) is 9.69 Å². The fourth-order valence-corrected chi connectivity index (χ4v) is 3.19. The van der Waals surface area contributed by atoms with E-state index in [0.29, 0.717) is 6.42 Å². The first-order valence-corrected chi connectivity index (χ1v) is 7.79. The zero-order valence-electron chi connectivity index (χ0n) is 12.3. The summed E-state index contributed by atoms with van der Waals surface area (Å²) in [5.41, 5.74) is 0.0128. The Bertz CT molecular complexity index is 527. The quantitative estimate of drug-likeness (QED) is 0.777. The van der Waals surface area contributed by atoms with Crippen molar-refractivity contribution >= 4 is 35.1 Å². The average molecular weight is 294 g/mol. The molecule has 0 aliphatic carbocycles. The maximum absolute atomic E-state index is 11.7. The minimum Gasteiger partial charge on any atom is -0.398 e. The van der Waals surface area contributed by atoms with Crippen molar-refractivity contribution in [3.8, 4) is 0 Å². The maximum atomic E-state index is 11.7. The van der Waals surface area contributed by atoms with Gasteiger partial charge in [0.05, 0.1) is 16.8 Å². The molecule has 2 aliphatic rings. The van der Waals surface area contributed by atoms with E-state index in [4.69, 9.17) is 9.31 Å². The predicted molar refractivity (Wildman–Crippen MR) is 79.4 cm³/mol. The Balaban J connectivity index is 1.80. The fourth-order valence-electron chi connectivity index (χ4n) is 2.32. The average Bonchev–Trinajstić information content (AvgIpc) is 2.98. The van der Waals surface area contributed by atoms with Gasteiger partial charge >= 0.3 is 7.12 Å². The summed E-state index contributed by atoms with van der Waals surface area (Å²) in [7, 11) is -0.456. The van der Waals surface area contributed by atoms with Crippen molar-refractivity contribution in [2.75, 3.05) is 11.4 Å². The van der Waals surface area contributed by atoms with Crippen LogP contribution in [-0.4, -0.2) is 35.8 Å². The number of hydrogen-bond donors (Lipinski definition) is 0. The molecule has 5 nitrogen and oxygen atoms in total. The van der Waals surface area contributed by atoms with E-state index >= 15 is 0 Å². The molecule has 0 bridgehead atoms. The van der Waals surface area contributed by atoms with Gasteiger partial charge in [0.15, 0.2) is 5.13 Å². The van der Waals surface area contributed by atoms with Crippen molar-refractivity contribution < 1.29 is 14.1 Å². The Labute approximate surface area is 123 Å². The highest BCUT2D eigenvalue weighted by Gasteiger charge is 2.52. The third kappa shape index (κ3) is 2.17. The van der Waals surface area contributed by atoms with Crippen LogP contribution in [0.15, 0.2) is 5.38 Å². The molecule has 2 aliphatic heterocycles. The van der Waals surface area contributed by atoms with Gasteiger partial charge in [0, 0.05) is 18.3 Å². The molecule has 20 heavy (non-hydrogen) atoms. The molecule has 3 heterocycles. The monoisotopic (exact) mass is 294 g/mol. The zero-order valence-corrected chi connectivity index (χ0v) is 13.1. The van der Waals surface area contributed by atoms with E-state index in [9.17, 15) is 4.79 Å². The van der Waals surface area contributed by atoms with E-state index in [1.165, 1.54) is 11.3 Å². The first-order chi connectivity index (χ1) is 9.30. The Hall–Kier alpha value is -0.915. The van der Waals surface area contributed by atoms with Gasteiger partial charge in [-0.1, -0.05) is 0 Å². The molecule has 1 aromatic rings. The second kappa shape index (κ2) is 4.54. The summed E-state index contributed by atoms with van der Waals surface area (Å²) in [5, 5.41) is 2.67. The number of hydrogen-bond acceptors (Lipinski definition) is 5. The lowest BCUT2D eigenvalue weighted by atomic mass is 9.86. The molecule has 0 spiro atoms. The molecule has 2 saturated heterocycles. The molecule has 0 unspecified atom stereocenters. The maximum Gasteiger partial charge on any atom is 0.515 e. The normalized spacial score (nSPS) is 24.7. The molecule has 1 amide bonds. The van der Waals surface area contributed by atoms with Crippen LogP contribution in [0.5, 0.6) is 0 Å². The van der Waals surface area contributed by atoms with Gasteiger partial charge in [-0.2, -0.15) is 0 Å². The van der Waals surface area contributed by atoms with Crippen molar-refractivity contribution in [3.63, 3.8) is 0 Å². The molecule has 108 valence electrons. The van der Waals surface area contributed by atoms with Crippen LogP contribution in [-0.2, 0) is 14.1 Å². The first kappa shape index (κ1) is 14.0. The van der Waals surface area contributed by atoms with Crippen molar-refractivity contribution in [1.29, 1.82) is 0 Å². The molecule has 0 radical (unpaired) electrons. The van der Waals surface area contributed by atoms with E-state index in [1.54, 1.807) is 4.90 Å². The smallest absolute Gasteiger partial charge is 0.398 e. The van der Waals surface area contributed by atoms with Crippen LogP contribution in [0, 0.1) is 0 Å². The third-order valence-electron chi connectivity index (χ3n) is 4.31. The largest absolute Gasteiger partial charge is 0.515 e. The van der Waals surface area contributed by atoms with Crippen LogP contribution < -0.4 is 10.5 Å². The van der Waals surface area contributed by atoms with Crippen molar-refractivity contribution in [2.45, 2.75) is 51.7 Å². The predicted octanol–water partition coefficient (Wildman–Crippen LogP) is 1.57. The summed E-state index contributed by atoms with van der Waals surface area (Å²) in [6, 6.07) is 0. The highest BCUT2D eigenvalue weighted by molar-refractivity contribution is 7.15. The van der Waals surface area contributed by atoms with Gasteiger partial charge in [-0.05, 0) is 34.1 Å². The summed E-state index contributed by atoms with van der Waals surface area (Å²) in [5.74, 6) is 0.153. The molecular formula is C13H19BN2O3S. The summed E-state index contributed by atoms with van der Waals surface area (Å²) in [6.45, 7) is 8.83. The van der Waals surface area contributed by atoms with Crippen LogP contribution in [0.4, 0.5) is 5.13 Å². The number of aromatic nitrogens is 1. The third-order valence-corrected chi connectivity index (χ3v) is 5.19. The fraction of sp³-hybridized carbons (Fsp3) is 0.692. The Morgan fingerprint density at radius 2 is 1.95 bits per heavy atom. The summed E-state index contributed by atoms with van der Waals surface area (Å²) < 4.78 is 11.9. The molecular weight excluding hydrogens is 275 g/mol. The van der Waals surface area contributed by atoms with Crippen LogP contribution in [0.3, 0.4) is 0 Å². The van der Waals surface area contributed by atoms with E-state index in [2.05, 4.69) is 4.98 Å². The Morgan fingerprint density at radius 1 is 1.30 bits per heavy atom. The van der Waals surface area contributed by atoms with Gasteiger partial charge in [0.1, 0.15) is 0 Å². The molecule has 0 aromatic carbocycles. The SMILES string of the molecule is CC1(C)OB(c2csc(N3CCCC3=O)n2)OC1(C)C. The van der Waals surface area contributed by atoms with Gasteiger partial charge in [0.25, 0.3) is 0 Å². The molecule has 3 rings (SSSR count). The van der Waals surface area contributed by atoms with Gasteiger partial charge in [-0.25, -0.2) is 4.98 Å². The summed E-state index contributed by atoms with van der Waals surface area (Å²) in [4.78, 5) is 18.0. The van der Waals surface area contributed by atoms with Crippen LogP contribution in [0.1, 0.15) is 40.5 Å².